The van der Waals surface area contributed by atoms with Gasteiger partial charge in [0.25, 0.3) is 0 Å². The summed E-state index contributed by atoms with van der Waals surface area (Å²) >= 11 is 1.33. The van der Waals surface area contributed by atoms with Crippen molar-refractivity contribution in [2.24, 2.45) is 11.1 Å². The summed E-state index contributed by atoms with van der Waals surface area (Å²) in [7, 11) is 1.21. The smallest absolute Gasteiger partial charge is 0.329 e. The lowest BCUT2D eigenvalue weighted by molar-refractivity contribution is -0.150. The first-order valence-electron chi connectivity index (χ1n) is 7.89. The monoisotopic (exact) mass is 371 g/mol. The van der Waals surface area contributed by atoms with Crippen molar-refractivity contribution in [3.63, 3.8) is 0 Å². The number of Topliss-reactive ketones (excluding diaryl/α,β-unsaturated/α-hetero) is 1. The summed E-state index contributed by atoms with van der Waals surface area (Å²) in [4.78, 5) is 39.1. The molecule has 3 rings (SSSR count). The lowest BCUT2D eigenvalue weighted by Gasteiger charge is -2.32. The number of carbonyl (C=O) groups is 3. The van der Waals surface area contributed by atoms with Crippen molar-refractivity contribution in [3.05, 3.63) is 46.3 Å². The van der Waals surface area contributed by atoms with Gasteiger partial charge in [0.1, 0.15) is 6.04 Å². The van der Waals surface area contributed by atoms with Crippen LogP contribution in [-0.2, 0) is 19.1 Å². The average molecular weight is 371 g/mol. The fourth-order valence-electron chi connectivity index (χ4n) is 3.79. The van der Waals surface area contributed by atoms with Gasteiger partial charge in [-0.25, -0.2) is 0 Å². The molecule has 134 valence electrons. The van der Waals surface area contributed by atoms with Crippen LogP contribution in [0, 0.1) is 16.7 Å². The van der Waals surface area contributed by atoms with Crippen LogP contribution in [0.1, 0.15) is 17.7 Å². The Labute approximate surface area is 154 Å². The number of nitrogens with two attached hydrogens (primary N) is 1. The topological polar surface area (TPSA) is 113 Å². The van der Waals surface area contributed by atoms with Crippen LogP contribution >= 0.6 is 11.3 Å². The standard InChI is InChI=1S/C18H17N3O4S/c1-10(22)11-5-6-13-18(9-19,17(24)25-2)14(12-4-3-7-26-12)15(16(20)23)21(13)8-11/h3-8,13-15H,1-2H3,(H2,20,23)/t13-,14+,15-,18-/m0/s1. The quantitative estimate of drug-likeness (QED) is 0.793. The molecule has 8 heteroatoms. The third-order valence-corrected chi connectivity index (χ3v) is 5.87. The highest BCUT2D eigenvalue weighted by atomic mass is 32.1. The molecular formula is C18H17N3O4S. The molecule has 1 aromatic heterocycles. The summed E-state index contributed by atoms with van der Waals surface area (Å²) in [5, 5.41) is 11.9. The minimum Gasteiger partial charge on any atom is -0.468 e. The number of ketones is 1. The summed E-state index contributed by atoms with van der Waals surface area (Å²) < 4.78 is 4.95. The molecule has 3 heterocycles. The predicted molar refractivity (Wildman–Crippen MR) is 93.6 cm³/mol. The van der Waals surface area contributed by atoms with Gasteiger partial charge in [-0.1, -0.05) is 18.2 Å². The maximum Gasteiger partial charge on any atom is 0.329 e. The molecule has 26 heavy (non-hydrogen) atoms. The Bertz CT molecular complexity index is 867. The Balaban J connectivity index is 2.28. The van der Waals surface area contributed by atoms with E-state index in [0.29, 0.717) is 10.5 Å². The summed E-state index contributed by atoms with van der Waals surface area (Å²) in [6.45, 7) is 1.40. The van der Waals surface area contributed by atoms with Crippen molar-refractivity contribution in [1.29, 1.82) is 5.26 Å². The molecule has 1 amide bonds. The van der Waals surface area contributed by atoms with Crippen molar-refractivity contribution in [2.45, 2.75) is 24.9 Å². The van der Waals surface area contributed by atoms with Crippen molar-refractivity contribution < 1.29 is 19.1 Å². The number of fused-ring (bicyclic) bond motifs is 1. The molecule has 1 fully saturated rings. The summed E-state index contributed by atoms with van der Waals surface area (Å²) in [6.07, 6.45) is 4.67. The zero-order valence-corrected chi connectivity index (χ0v) is 15.0. The average Bonchev–Trinajstić information content (AvgIpc) is 3.24. The molecule has 0 spiro atoms. The van der Waals surface area contributed by atoms with E-state index in [4.69, 9.17) is 10.5 Å². The largest absolute Gasteiger partial charge is 0.468 e. The highest BCUT2D eigenvalue weighted by Crippen LogP contribution is 2.54. The van der Waals surface area contributed by atoms with Crippen LogP contribution in [0.15, 0.2) is 41.4 Å². The zero-order valence-electron chi connectivity index (χ0n) is 14.2. The van der Waals surface area contributed by atoms with E-state index < -0.39 is 35.3 Å². The van der Waals surface area contributed by atoms with Gasteiger partial charge < -0.3 is 15.4 Å². The van der Waals surface area contributed by atoms with Crippen LogP contribution in [0.4, 0.5) is 0 Å². The maximum absolute atomic E-state index is 12.8. The van der Waals surface area contributed by atoms with Gasteiger partial charge in [0.05, 0.1) is 25.1 Å². The van der Waals surface area contributed by atoms with Crippen LogP contribution in [0.3, 0.4) is 0 Å². The normalized spacial score (nSPS) is 29.5. The van der Waals surface area contributed by atoms with Gasteiger partial charge in [-0.3, -0.25) is 14.4 Å². The van der Waals surface area contributed by atoms with Gasteiger partial charge in [-0.2, -0.15) is 5.26 Å². The van der Waals surface area contributed by atoms with Crippen molar-refractivity contribution in [3.8, 4) is 6.07 Å². The number of methoxy groups -OCH3 is 1. The molecule has 1 saturated heterocycles. The predicted octanol–water partition coefficient (Wildman–Crippen LogP) is 1.10. The SMILES string of the molecule is COC(=O)[C@]1(C#N)[C@H](c2cccs2)[C@@H](C(N)=O)N2C=C(C(C)=O)C=C[C@H]21. The van der Waals surface area contributed by atoms with Crippen LogP contribution in [0.2, 0.25) is 0 Å². The van der Waals surface area contributed by atoms with E-state index >= 15 is 0 Å². The molecule has 0 bridgehead atoms. The lowest BCUT2D eigenvalue weighted by Crippen LogP contribution is -2.45. The van der Waals surface area contributed by atoms with Gasteiger partial charge in [0.2, 0.25) is 5.91 Å². The van der Waals surface area contributed by atoms with Gasteiger partial charge in [-0.05, 0) is 18.4 Å². The first kappa shape index (κ1) is 17.9. The van der Waals surface area contributed by atoms with Crippen molar-refractivity contribution in [2.75, 3.05) is 7.11 Å². The Morgan fingerprint density at radius 3 is 2.65 bits per heavy atom. The first-order valence-corrected chi connectivity index (χ1v) is 8.77. The van der Waals surface area contributed by atoms with Crippen LogP contribution in [0.5, 0.6) is 0 Å². The number of allylic oxidation sites excluding steroid dienone is 2. The van der Waals surface area contributed by atoms with Gasteiger partial charge in [0.15, 0.2) is 11.2 Å². The second kappa shape index (κ2) is 6.42. The zero-order chi connectivity index (χ0) is 19.1. The lowest BCUT2D eigenvalue weighted by atomic mass is 9.71. The van der Waals surface area contributed by atoms with Gasteiger partial charge in [0, 0.05) is 16.7 Å². The first-order chi connectivity index (χ1) is 12.4. The van der Waals surface area contributed by atoms with E-state index in [1.165, 1.54) is 31.6 Å². The van der Waals surface area contributed by atoms with Crippen molar-refractivity contribution >= 4 is 29.0 Å². The van der Waals surface area contributed by atoms with Gasteiger partial charge >= 0.3 is 5.97 Å². The Morgan fingerprint density at radius 2 is 2.15 bits per heavy atom. The number of carbonyl (C=O) groups excluding carboxylic acids is 3. The summed E-state index contributed by atoms with van der Waals surface area (Å²) in [6, 6.07) is 3.92. The summed E-state index contributed by atoms with van der Waals surface area (Å²) in [5.74, 6) is -2.41. The molecule has 0 aromatic carbocycles. The van der Waals surface area contributed by atoms with E-state index in [2.05, 4.69) is 6.07 Å². The van der Waals surface area contributed by atoms with Crippen LogP contribution < -0.4 is 5.73 Å². The number of rotatable bonds is 4. The molecule has 2 aliphatic rings. The number of esters is 1. The fourth-order valence-corrected chi connectivity index (χ4v) is 4.72. The third kappa shape index (κ3) is 2.35. The Kier molecular flexibility index (Phi) is 4.42. The number of amides is 1. The number of primary amides is 1. The molecule has 0 aliphatic carbocycles. The molecule has 0 unspecified atom stereocenters. The molecular weight excluding hydrogens is 354 g/mol. The highest BCUT2D eigenvalue weighted by Gasteiger charge is 2.66. The summed E-state index contributed by atoms with van der Waals surface area (Å²) in [5.41, 5.74) is 4.38. The van der Waals surface area contributed by atoms with E-state index in [9.17, 15) is 19.6 Å². The molecule has 4 atom stereocenters. The minimum atomic E-state index is -1.66. The van der Waals surface area contributed by atoms with E-state index in [0.717, 1.165) is 0 Å². The molecule has 0 saturated carbocycles. The van der Waals surface area contributed by atoms with E-state index in [1.807, 2.05) is 0 Å². The number of hydrogen-bond donors (Lipinski definition) is 1. The number of thiophene rings is 1. The molecule has 1 aromatic rings. The minimum absolute atomic E-state index is 0.192. The van der Waals surface area contributed by atoms with E-state index in [1.54, 1.807) is 34.6 Å². The van der Waals surface area contributed by atoms with Crippen LogP contribution in [-0.4, -0.2) is 41.8 Å². The molecule has 0 radical (unpaired) electrons. The highest BCUT2D eigenvalue weighted by molar-refractivity contribution is 7.10. The van der Waals surface area contributed by atoms with Gasteiger partial charge in [-0.15, -0.1) is 11.3 Å². The fraction of sp³-hybridized carbons (Fsp3) is 0.333. The maximum atomic E-state index is 12.8. The number of nitrogens with zero attached hydrogens (tertiary/aromatic N) is 2. The second-order valence-corrected chi connectivity index (χ2v) is 7.18. The molecule has 7 nitrogen and oxygen atoms in total. The van der Waals surface area contributed by atoms with Crippen molar-refractivity contribution in [1.82, 2.24) is 4.90 Å². The Hall–Kier alpha value is -2.92. The molecule has 2 aliphatic heterocycles. The molecule has 2 N–H and O–H groups in total. The van der Waals surface area contributed by atoms with E-state index in [-0.39, 0.29) is 5.78 Å². The number of hydrogen-bond acceptors (Lipinski definition) is 7. The Morgan fingerprint density at radius 1 is 1.42 bits per heavy atom. The third-order valence-electron chi connectivity index (χ3n) is 4.92. The number of ether oxygens (including phenoxy) is 1. The number of nitriles is 1. The van der Waals surface area contributed by atoms with Crippen LogP contribution in [0.25, 0.3) is 0 Å². The second-order valence-electron chi connectivity index (χ2n) is 6.20.